The zero-order chi connectivity index (χ0) is 43.4. The molecular formula is C32H42F2N10O12P2S2. The number of hydrogen-bond donors (Lipinski definition) is 2. The number of rotatable bonds is 8. The van der Waals surface area contributed by atoms with Crippen molar-refractivity contribution in [2.75, 3.05) is 36.6 Å². The average Bonchev–Trinajstić information content (AvgIpc) is 3.94. The second kappa shape index (κ2) is 16.9. The average molecular weight is 923 g/mol. The van der Waals surface area contributed by atoms with E-state index in [-0.39, 0.29) is 34.0 Å². The molecule has 3 fully saturated rings. The molecule has 328 valence electrons. The molecule has 4 N–H and O–H groups in total. The van der Waals surface area contributed by atoms with Gasteiger partial charge < -0.3 is 30.4 Å². The van der Waals surface area contributed by atoms with E-state index in [0.717, 1.165) is 12.7 Å². The number of fused-ring (bicyclic) bond motifs is 5. The monoisotopic (exact) mass is 922 g/mol. The summed E-state index contributed by atoms with van der Waals surface area (Å²) < 4.78 is 112. The van der Waals surface area contributed by atoms with Crippen molar-refractivity contribution >= 4 is 82.3 Å². The van der Waals surface area contributed by atoms with Gasteiger partial charge >= 0.3 is 25.5 Å². The van der Waals surface area contributed by atoms with Gasteiger partial charge in [-0.15, -0.1) is 0 Å². The third-order valence-corrected chi connectivity index (χ3v) is 15.9. The summed E-state index contributed by atoms with van der Waals surface area (Å²) in [6.45, 7) is -1.41. The summed E-state index contributed by atoms with van der Waals surface area (Å²) in [7, 11) is 0. The molecule has 4 aromatic heterocycles. The molecule has 0 amide bonds. The maximum Gasteiger partial charge on any atom is 0.393 e. The summed E-state index contributed by atoms with van der Waals surface area (Å²) in [5.41, 5.74) is 10.5. The standard InChI is InChI=1S/C32H42F2N10O12P2S2/c1-31(2,3)29(45)49-13-59-57(47)51-7-15-17(33)22(28(53-15)44-12-42-20-24(36)38-10-40-26(20)44)56-58(48,60-14-50-30(46)32(4,5)6)52-8-16-21(55-57)18(34)27(54-16)43-11-41-19-23(35)37-9-39-25(19)43/h9-12,15-18,21-22,27-28H,7-8,13-14H2,1-6H3,(H2,35,37,39)(H2,36,38,40)/t15-,16-,17+,18-,21-,22-,27-,28-,57?,58?/m1/s1. The van der Waals surface area contributed by atoms with Crippen molar-refractivity contribution in [3.8, 4) is 0 Å². The van der Waals surface area contributed by atoms with E-state index in [1.54, 1.807) is 41.5 Å². The Bertz CT molecular complexity index is 2350. The lowest BCUT2D eigenvalue weighted by Crippen LogP contribution is -2.34. The van der Waals surface area contributed by atoms with Crippen LogP contribution in [-0.2, 0) is 55.8 Å². The Balaban J connectivity index is 1.26. The molecule has 0 aliphatic carbocycles. The number of halogens is 2. The Kier molecular flexibility index (Phi) is 12.6. The number of ether oxygens (including phenoxy) is 4. The van der Waals surface area contributed by atoms with Crippen molar-refractivity contribution in [3.63, 3.8) is 0 Å². The van der Waals surface area contributed by atoms with Crippen LogP contribution < -0.4 is 11.5 Å². The van der Waals surface area contributed by atoms with Crippen molar-refractivity contribution in [1.82, 2.24) is 39.0 Å². The Morgan fingerprint density at radius 1 is 0.717 bits per heavy atom. The van der Waals surface area contributed by atoms with Crippen LogP contribution in [0.25, 0.3) is 22.3 Å². The Morgan fingerprint density at radius 2 is 1.17 bits per heavy atom. The number of alkyl halides is 2. The SMILES string of the molecule is CC(C)(C)C(=O)OCSP1(=O)OC[C@H]2O[C@@H](n3cnc4c(N)ncnc43)[C@H](F)[C@@H]2OP(=O)(SCOC(=O)C(C)(C)C)OC[C@H]2O[C@@H](n3cnc4c(N)ncnc43)[C@H](O1)[C@H]2F. The van der Waals surface area contributed by atoms with Crippen LogP contribution in [0.2, 0.25) is 0 Å². The predicted molar refractivity (Wildman–Crippen MR) is 210 cm³/mol. The molecule has 3 aliphatic rings. The molecule has 4 aromatic rings. The van der Waals surface area contributed by atoms with Crippen molar-refractivity contribution in [3.05, 3.63) is 25.3 Å². The summed E-state index contributed by atoms with van der Waals surface area (Å²) in [4.78, 5) is 49.9. The van der Waals surface area contributed by atoms with Gasteiger partial charge in [0.05, 0.1) is 36.7 Å². The minimum Gasteiger partial charge on any atom is -0.454 e. The highest BCUT2D eigenvalue weighted by Crippen LogP contribution is 2.66. The molecule has 60 heavy (non-hydrogen) atoms. The molecular weight excluding hydrogens is 880 g/mol. The number of imidazole rings is 2. The number of carbonyl (C=O) groups excluding carboxylic acids is 2. The molecule has 0 spiro atoms. The normalized spacial score (nSPS) is 31.6. The highest BCUT2D eigenvalue weighted by molar-refractivity contribution is 8.55. The van der Waals surface area contributed by atoms with Crippen LogP contribution in [-0.4, -0.2) is 113 Å². The van der Waals surface area contributed by atoms with Crippen LogP contribution in [0.5, 0.6) is 0 Å². The molecule has 0 saturated carbocycles. The minimum atomic E-state index is -4.71. The van der Waals surface area contributed by atoms with Crippen LogP contribution >= 0.6 is 36.4 Å². The van der Waals surface area contributed by atoms with E-state index in [9.17, 15) is 18.7 Å². The second-order valence-electron chi connectivity index (χ2n) is 15.7. The zero-order valence-electron chi connectivity index (χ0n) is 32.9. The highest BCUT2D eigenvalue weighted by atomic mass is 32.7. The smallest absolute Gasteiger partial charge is 0.393 e. The van der Waals surface area contributed by atoms with Crippen LogP contribution in [0.4, 0.5) is 20.4 Å². The van der Waals surface area contributed by atoms with E-state index in [2.05, 4.69) is 29.9 Å². The lowest BCUT2D eigenvalue weighted by Gasteiger charge is -2.28. The molecule has 28 heteroatoms. The lowest BCUT2D eigenvalue weighted by atomic mass is 9.98. The van der Waals surface area contributed by atoms with Crippen molar-refractivity contribution in [2.45, 2.75) is 90.8 Å². The highest BCUT2D eigenvalue weighted by Gasteiger charge is 2.55. The number of nitrogens with two attached hydrogens (primary N) is 2. The molecule has 2 unspecified atom stereocenters. The topological polar surface area (TPSA) is 281 Å². The lowest BCUT2D eigenvalue weighted by molar-refractivity contribution is -0.151. The second-order valence-corrected chi connectivity index (χ2v) is 23.6. The first-order valence-electron chi connectivity index (χ1n) is 18.1. The van der Waals surface area contributed by atoms with Crippen LogP contribution in [0.3, 0.4) is 0 Å². The molecule has 3 aliphatic heterocycles. The van der Waals surface area contributed by atoms with Crippen LogP contribution in [0.15, 0.2) is 25.3 Å². The largest absolute Gasteiger partial charge is 0.454 e. The number of nitrogens with zero attached hydrogens (tertiary/aromatic N) is 8. The molecule has 7 heterocycles. The van der Waals surface area contributed by atoms with E-state index in [4.69, 9.17) is 48.5 Å². The number of carbonyl (C=O) groups is 2. The quantitative estimate of drug-likeness (QED) is 0.135. The van der Waals surface area contributed by atoms with E-state index in [0.29, 0.717) is 22.8 Å². The van der Waals surface area contributed by atoms with Gasteiger partial charge in [0.15, 0.2) is 47.7 Å². The van der Waals surface area contributed by atoms with Gasteiger partial charge in [0.1, 0.15) is 60.0 Å². The van der Waals surface area contributed by atoms with E-state index < -0.39 is 111 Å². The van der Waals surface area contributed by atoms with Gasteiger partial charge in [-0.2, -0.15) is 0 Å². The van der Waals surface area contributed by atoms with Crippen molar-refractivity contribution in [1.29, 1.82) is 0 Å². The first-order valence-corrected chi connectivity index (χ1v) is 24.4. The minimum absolute atomic E-state index is 0.00315. The van der Waals surface area contributed by atoms with E-state index in [1.807, 2.05) is 0 Å². The van der Waals surface area contributed by atoms with E-state index in [1.165, 1.54) is 21.8 Å². The summed E-state index contributed by atoms with van der Waals surface area (Å²) in [5.74, 6) is -2.51. The number of esters is 2. The first kappa shape index (κ1) is 44.5. The maximum atomic E-state index is 16.9. The van der Waals surface area contributed by atoms with Gasteiger partial charge in [-0.1, -0.05) is 0 Å². The fourth-order valence-corrected chi connectivity index (χ4v) is 11.6. The molecule has 2 bridgehead atoms. The number of nitrogen functional groups attached to an aromatic ring is 2. The van der Waals surface area contributed by atoms with Gasteiger partial charge in [0, 0.05) is 22.8 Å². The van der Waals surface area contributed by atoms with Gasteiger partial charge in [0.25, 0.3) is 0 Å². The Labute approximate surface area is 348 Å². The third kappa shape index (κ3) is 9.13. The van der Waals surface area contributed by atoms with Gasteiger partial charge in [-0.05, 0) is 41.5 Å². The van der Waals surface area contributed by atoms with Gasteiger partial charge in [-0.25, -0.2) is 47.8 Å². The Morgan fingerprint density at radius 3 is 1.67 bits per heavy atom. The van der Waals surface area contributed by atoms with Crippen molar-refractivity contribution < 1.29 is 64.5 Å². The maximum absolute atomic E-state index is 16.9. The fourth-order valence-electron chi connectivity index (χ4n) is 6.00. The number of hydrogen-bond acceptors (Lipinski definition) is 22. The predicted octanol–water partition coefficient (Wildman–Crippen LogP) is 4.90. The van der Waals surface area contributed by atoms with Gasteiger partial charge in [0.2, 0.25) is 0 Å². The Hall–Kier alpha value is -3.58. The third-order valence-electron chi connectivity index (χ3n) is 9.18. The molecule has 0 aromatic carbocycles. The first-order chi connectivity index (χ1) is 28.2. The van der Waals surface area contributed by atoms with Crippen LogP contribution in [0, 0.1) is 10.8 Å². The molecule has 7 rings (SSSR count). The summed E-state index contributed by atoms with van der Waals surface area (Å²) in [5, 5.41) is 0. The molecule has 0 radical (unpaired) electrons. The molecule has 3 saturated heterocycles. The molecule has 22 nitrogen and oxygen atoms in total. The summed E-state index contributed by atoms with van der Waals surface area (Å²) in [6, 6.07) is 0. The summed E-state index contributed by atoms with van der Waals surface area (Å²) in [6.07, 6.45) is -9.56. The zero-order valence-corrected chi connectivity index (χ0v) is 36.3. The van der Waals surface area contributed by atoms with E-state index >= 15 is 8.78 Å². The fraction of sp³-hybridized carbons (Fsp3) is 0.625. The summed E-state index contributed by atoms with van der Waals surface area (Å²) >= 11 is 0.783. The molecule has 10 atom stereocenters. The number of aromatic nitrogens is 8. The van der Waals surface area contributed by atoms with Crippen LogP contribution in [0.1, 0.15) is 54.0 Å². The van der Waals surface area contributed by atoms with Crippen molar-refractivity contribution in [2.24, 2.45) is 10.8 Å². The number of anilines is 2. The van der Waals surface area contributed by atoms with Gasteiger partial charge in [-0.3, -0.25) is 36.8 Å².